The summed E-state index contributed by atoms with van der Waals surface area (Å²) in [4.78, 5) is 74.3. The van der Waals surface area contributed by atoms with Gasteiger partial charge in [-0.3, -0.25) is 39.2 Å². The Hall–Kier alpha value is -3.06. The number of carbonyl (C=O) groups excluding carboxylic acids is 6. The summed E-state index contributed by atoms with van der Waals surface area (Å²) in [6.07, 6.45) is -1.69. The predicted octanol–water partition coefficient (Wildman–Crippen LogP) is -2.49. The molecule has 0 aromatic carbocycles. The Morgan fingerprint density at radius 2 is 1.70 bits per heavy atom. The van der Waals surface area contributed by atoms with Gasteiger partial charge in [0, 0.05) is 19.5 Å². The third kappa shape index (κ3) is 8.09. The van der Waals surface area contributed by atoms with Gasteiger partial charge in [-0.2, -0.15) is 0 Å². The van der Waals surface area contributed by atoms with Crippen molar-refractivity contribution in [3.05, 3.63) is 0 Å². The maximum absolute atomic E-state index is 12.9. The lowest BCUT2D eigenvalue weighted by Crippen LogP contribution is -2.58. The zero-order chi connectivity index (χ0) is 25.5. The highest BCUT2D eigenvalue weighted by Gasteiger charge is 2.38. The first kappa shape index (κ1) is 28.0. The van der Waals surface area contributed by atoms with E-state index in [0.29, 0.717) is 19.4 Å². The van der Waals surface area contributed by atoms with Gasteiger partial charge in [-0.25, -0.2) is 0 Å². The van der Waals surface area contributed by atoms with Crippen molar-refractivity contribution in [1.29, 1.82) is 0 Å². The molecule has 1 heterocycles. The minimum absolute atomic E-state index is 0.298. The maximum Gasteiger partial charge on any atom is 0.261 e. The summed E-state index contributed by atoms with van der Waals surface area (Å²) in [5.41, 5.74) is 7.95. The number of aliphatic hydroxyl groups is 1. The van der Waals surface area contributed by atoms with Crippen molar-refractivity contribution in [3.8, 4) is 0 Å². The Bertz CT molecular complexity index is 785. The number of ketones is 1. The number of Topliss-reactive ketones (excluding diaryl/α,β-unsaturated/α-hetero) is 1. The van der Waals surface area contributed by atoms with Crippen molar-refractivity contribution in [1.82, 2.24) is 26.0 Å². The third-order valence-electron chi connectivity index (χ3n) is 4.97. The Labute approximate surface area is 192 Å². The van der Waals surface area contributed by atoms with Crippen molar-refractivity contribution in [2.75, 3.05) is 6.54 Å². The zero-order valence-electron chi connectivity index (χ0n) is 19.6. The molecule has 0 aromatic heterocycles. The minimum atomic E-state index is -1.84. The van der Waals surface area contributed by atoms with Crippen LogP contribution in [0.5, 0.6) is 0 Å². The second-order valence-corrected chi connectivity index (χ2v) is 8.29. The molecule has 33 heavy (non-hydrogen) atoms. The van der Waals surface area contributed by atoms with Crippen LogP contribution in [-0.2, 0) is 28.8 Å². The van der Waals surface area contributed by atoms with E-state index in [0.717, 1.165) is 11.9 Å². The van der Waals surface area contributed by atoms with Crippen LogP contribution in [-0.4, -0.2) is 87.3 Å². The Morgan fingerprint density at radius 1 is 1.09 bits per heavy atom. The van der Waals surface area contributed by atoms with Crippen LogP contribution in [0.15, 0.2) is 0 Å². The molecule has 6 N–H and O–H groups in total. The standard InChI is InChI=1S/C20H34N6O7/c1-10(2)26(16(29)9-15(28)19(32)23-13(5)27)24-18(31)14-7-6-8-25(14)20(33)12(4)22-17(30)11(3)21/h10-12,14,19,32H,6-9,21H2,1-5H3,(H,22,30)(H,23,27)(H,24,31)/t11-,12-,14-,19?/m0/s1. The summed E-state index contributed by atoms with van der Waals surface area (Å²) < 4.78 is 0. The fraction of sp³-hybridized carbons (Fsp3) is 0.700. The lowest BCUT2D eigenvalue weighted by Gasteiger charge is -2.32. The summed E-state index contributed by atoms with van der Waals surface area (Å²) in [6, 6.07) is -3.10. The molecular weight excluding hydrogens is 436 g/mol. The lowest BCUT2D eigenvalue weighted by atomic mass is 10.2. The van der Waals surface area contributed by atoms with Gasteiger partial charge < -0.3 is 26.4 Å². The first-order chi connectivity index (χ1) is 15.3. The smallest absolute Gasteiger partial charge is 0.261 e. The van der Waals surface area contributed by atoms with Gasteiger partial charge in [0.15, 0.2) is 12.0 Å². The van der Waals surface area contributed by atoms with Crippen molar-refractivity contribution in [3.63, 3.8) is 0 Å². The molecule has 186 valence electrons. The molecule has 0 spiro atoms. The van der Waals surface area contributed by atoms with Crippen LogP contribution >= 0.6 is 0 Å². The van der Waals surface area contributed by atoms with Crippen molar-refractivity contribution in [2.24, 2.45) is 5.73 Å². The van der Waals surface area contributed by atoms with Gasteiger partial charge in [-0.1, -0.05) is 0 Å². The van der Waals surface area contributed by atoms with E-state index in [1.807, 2.05) is 5.32 Å². The molecule has 13 heteroatoms. The van der Waals surface area contributed by atoms with Gasteiger partial charge in [-0.05, 0) is 40.5 Å². The molecule has 0 saturated carbocycles. The van der Waals surface area contributed by atoms with Gasteiger partial charge in [0.1, 0.15) is 12.1 Å². The Kier molecular flexibility index (Phi) is 10.4. The summed E-state index contributed by atoms with van der Waals surface area (Å²) in [6.45, 7) is 7.59. The first-order valence-corrected chi connectivity index (χ1v) is 10.7. The fourth-order valence-corrected chi connectivity index (χ4v) is 3.23. The van der Waals surface area contributed by atoms with E-state index in [2.05, 4.69) is 10.7 Å². The number of hydrogen-bond donors (Lipinski definition) is 5. The highest BCUT2D eigenvalue weighted by Crippen LogP contribution is 2.19. The van der Waals surface area contributed by atoms with Gasteiger partial charge in [-0.15, -0.1) is 0 Å². The second kappa shape index (κ2) is 12.3. The molecule has 1 aliphatic rings. The van der Waals surface area contributed by atoms with Gasteiger partial charge in [0.25, 0.3) is 5.91 Å². The number of hydrazine groups is 1. The molecule has 1 aliphatic heterocycles. The van der Waals surface area contributed by atoms with Crippen molar-refractivity contribution < 1.29 is 33.9 Å². The summed E-state index contributed by atoms with van der Waals surface area (Å²) in [7, 11) is 0. The number of amides is 5. The van der Waals surface area contributed by atoms with Crippen LogP contribution in [0.3, 0.4) is 0 Å². The molecule has 5 amide bonds. The highest BCUT2D eigenvalue weighted by molar-refractivity contribution is 6.01. The summed E-state index contributed by atoms with van der Waals surface area (Å²) in [5.74, 6) is -3.96. The topological polar surface area (TPSA) is 191 Å². The molecule has 1 saturated heterocycles. The van der Waals surface area contributed by atoms with E-state index >= 15 is 0 Å². The number of aliphatic hydroxyl groups excluding tert-OH is 1. The van der Waals surface area contributed by atoms with E-state index < -0.39 is 72.1 Å². The molecule has 0 aliphatic carbocycles. The van der Waals surface area contributed by atoms with E-state index in [1.54, 1.807) is 13.8 Å². The fourth-order valence-electron chi connectivity index (χ4n) is 3.23. The SMILES string of the molecule is CC(=O)NC(O)C(=O)CC(=O)N(NC(=O)[C@@H]1CCCN1C(=O)[C@H](C)NC(=O)[C@H](C)N)C(C)C. The van der Waals surface area contributed by atoms with Gasteiger partial charge in [0.2, 0.25) is 23.6 Å². The van der Waals surface area contributed by atoms with E-state index in [4.69, 9.17) is 5.73 Å². The second-order valence-electron chi connectivity index (χ2n) is 8.29. The quantitative estimate of drug-likeness (QED) is 0.139. The van der Waals surface area contributed by atoms with Crippen LogP contribution in [0, 0.1) is 0 Å². The monoisotopic (exact) mass is 470 g/mol. The first-order valence-electron chi connectivity index (χ1n) is 10.7. The Morgan fingerprint density at radius 3 is 2.21 bits per heavy atom. The molecule has 13 nitrogen and oxygen atoms in total. The number of likely N-dealkylation sites (tertiary alicyclic amines) is 1. The zero-order valence-corrected chi connectivity index (χ0v) is 19.6. The highest BCUT2D eigenvalue weighted by atomic mass is 16.3. The number of nitrogens with zero attached hydrogens (tertiary/aromatic N) is 2. The third-order valence-corrected chi connectivity index (χ3v) is 4.97. The van der Waals surface area contributed by atoms with Gasteiger partial charge >= 0.3 is 0 Å². The molecule has 1 fully saturated rings. The predicted molar refractivity (Wildman–Crippen MR) is 116 cm³/mol. The van der Waals surface area contributed by atoms with Crippen LogP contribution in [0.4, 0.5) is 0 Å². The normalized spacial score (nSPS) is 18.2. The van der Waals surface area contributed by atoms with Crippen molar-refractivity contribution >= 4 is 35.3 Å². The molecular formula is C20H34N6O7. The number of rotatable bonds is 9. The van der Waals surface area contributed by atoms with Crippen LogP contribution < -0.4 is 21.8 Å². The average molecular weight is 471 g/mol. The largest absolute Gasteiger partial charge is 0.367 e. The van der Waals surface area contributed by atoms with E-state index in [-0.39, 0.29) is 0 Å². The van der Waals surface area contributed by atoms with E-state index in [1.165, 1.54) is 18.7 Å². The maximum atomic E-state index is 12.9. The number of hydrogen-bond acceptors (Lipinski definition) is 8. The van der Waals surface area contributed by atoms with Crippen molar-refractivity contribution in [2.45, 2.75) is 84.3 Å². The van der Waals surface area contributed by atoms with Crippen LogP contribution in [0.1, 0.15) is 53.9 Å². The lowest BCUT2D eigenvalue weighted by molar-refractivity contribution is -0.150. The molecule has 0 radical (unpaired) electrons. The number of nitrogens with two attached hydrogens (primary N) is 1. The number of nitrogens with one attached hydrogen (secondary N) is 3. The number of carbonyl (C=O) groups is 6. The molecule has 0 bridgehead atoms. The summed E-state index contributed by atoms with van der Waals surface area (Å²) in [5, 5.41) is 15.1. The minimum Gasteiger partial charge on any atom is -0.367 e. The van der Waals surface area contributed by atoms with Crippen LogP contribution in [0.2, 0.25) is 0 Å². The van der Waals surface area contributed by atoms with E-state index in [9.17, 15) is 33.9 Å². The van der Waals surface area contributed by atoms with Gasteiger partial charge in [0.05, 0.1) is 12.5 Å². The molecule has 1 rings (SSSR count). The Balaban J connectivity index is 2.84. The van der Waals surface area contributed by atoms with Crippen LogP contribution in [0.25, 0.3) is 0 Å². The summed E-state index contributed by atoms with van der Waals surface area (Å²) >= 11 is 0. The molecule has 4 atom stereocenters. The molecule has 0 aromatic rings. The average Bonchev–Trinajstić information content (AvgIpc) is 3.19. The molecule has 1 unspecified atom stereocenters.